The van der Waals surface area contributed by atoms with Gasteiger partial charge < -0.3 is 9.51 Å². The Hall–Kier alpha value is -4.17. The van der Waals surface area contributed by atoms with E-state index >= 15 is 0 Å². The molecule has 0 atom stereocenters. The zero-order valence-corrected chi connectivity index (χ0v) is 19.9. The van der Waals surface area contributed by atoms with Gasteiger partial charge in [-0.25, -0.2) is 27.3 Å². The first-order valence-corrected chi connectivity index (χ1v) is 11.8. The molecular weight excluding hydrogens is 514 g/mol. The van der Waals surface area contributed by atoms with Crippen LogP contribution >= 0.6 is 0 Å². The summed E-state index contributed by atoms with van der Waals surface area (Å²) in [4.78, 5) is 52.5. The van der Waals surface area contributed by atoms with Crippen LogP contribution in [0, 0.1) is 0 Å². The van der Waals surface area contributed by atoms with E-state index in [1.54, 1.807) is 24.4 Å². The van der Waals surface area contributed by atoms with Crippen LogP contribution in [0.3, 0.4) is 0 Å². The fourth-order valence-electron chi connectivity index (χ4n) is 3.92. The molecule has 4 rings (SSSR count). The van der Waals surface area contributed by atoms with Gasteiger partial charge in [0.05, 0.1) is 0 Å². The minimum Gasteiger partial charge on any atom is -0.332 e. The number of aryl methyl sites for hydroxylation is 2. The summed E-state index contributed by atoms with van der Waals surface area (Å²) in [5.74, 6) is -0.371. The molecule has 0 radical (unpaired) electrons. The third kappa shape index (κ3) is 6.03. The number of aromatic amines is 1. The number of hydrogen-bond acceptors (Lipinski definition) is 8. The second kappa shape index (κ2) is 11.9. The summed E-state index contributed by atoms with van der Waals surface area (Å²) in [5.41, 5.74) is -3.47. The van der Waals surface area contributed by atoms with Gasteiger partial charge in [0.25, 0.3) is 23.4 Å². The topological polar surface area (TPSA) is 142 Å². The second-order valence-electron chi connectivity index (χ2n) is 8.41. The highest BCUT2D eigenvalue weighted by atomic mass is 19.3. The lowest BCUT2D eigenvalue weighted by Crippen LogP contribution is -2.42. The van der Waals surface area contributed by atoms with Gasteiger partial charge in [-0.15, -0.1) is 0 Å². The molecule has 0 saturated carbocycles. The lowest BCUT2D eigenvalue weighted by atomic mass is 10.2. The molecule has 0 bridgehead atoms. The van der Waals surface area contributed by atoms with E-state index in [2.05, 4.69) is 20.1 Å². The number of H-pyrrole nitrogens is 1. The van der Waals surface area contributed by atoms with Gasteiger partial charge in [-0.05, 0) is 37.8 Å². The van der Waals surface area contributed by atoms with Crippen LogP contribution in [-0.2, 0) is 19.5 Å². The summed E-state index contributed by atoms with van der Waals surface area (Å²) in [6.45, 7) is -0.269. The minimum absolute atomic E-state index is 0.0520. The van der Waals surface area contributed by atoms with Crippen molar-refractivity contribution in [1.82, 2.24) is 34.2 Å². The van der Waals surface area contributed by atoms with Crippen molar-refractivity contribution in [3.63, 3.8) is 0 Å². The molecule has 0 aliphatic heterocycles. The van der Waals surface area contributed by atoms with Crippen molar-refractivity contribution in [3.8, 4) is 11.6 Å². The summed E-state index contributed by atoms with van der Waals surface area (Å²) in [7, 11) is 0. The third-order valence-electron chi connectivity index (χ3n) is 5.74. The highest BCUT2D eigenvalue weighted by Crippen LogP contribution is 2.16. The number of alkyl halides is 4. The van der Waals surface area contributed by atoms with Crippen molar-refractivity contribution in [2.75, 3.05) is 0 Å². The molecule has 0 amide bonds. The SMILES string of the molecule is O=c1[nH]c(C(F)F)nc2c(=O)n(CCCCc3noc(-c4ccccn4)n3)c(=O)n(CCCCC(F)F)c12. The summed E-state index contributed by atoms with van der Waals surface area (Å²) in [5, 5.41) is 3.88. The molecule has 4 heterocycles. The summed E-state index contributed by atoms with van der Waals surface area (Å²) >= 11 is 0. The van der Waals surface area contributed by atoms with Gasteiger partial charge in [-0.2, -0.15) is 4.98 Å². The summed E-state index contributed by atoms with van der Waals surface area (Å²) in [6, 6.07) is 5.22. The number of hydrogen-bond donors (Lipinski definition) is 1. The predicted octanol–water partition coefficient (Wildman–Crippen LogP) is 3.09. The molecule has 0 unspecified atom stereocenters. The maximum Gasteiger partial charge on any atom is 0.331 e. The van der Waals surface area contributed by atoms with E-state index in [9.17, 15) is 31.9 Å². The van der Waals surface area contributed by atoms with Gasteiger partial charge in [0, 0.05) is 32.1 Å². The molecule has 0 aromatic carbocycles. The normalized spacial score (nSPS) is 11.7. The molecule has 0 spiro atoms. The fraction of sp³-hybridized carbons (Fsp3) is 0.435. The first kappa shape index (κ1) is 26.9. The first-order chi connectivity index (χ1) is 18.3. The van der Waals surface area contributed by atoms with Gasteiger partial charge in [0.1, 0.15) is 11.2 Å². The Morgan fingerprint density at radius 3 is 2.42 bits per heavy atom. The Morgan fingerprint density at radius 1 is 0.947 bits per heavy atom. The Balaban J connectivity index is 1.55. The van der Waals surface area contributed by atoms with Crippen LogP contribution in [0.4, 0.5) is 17.6 Å². The number of unbranched alkanes of at least 4 members (excludes halogenated alkanes) is 2. The van der Waals surface area contributed by atoms with Gasteiger partial charge in [0.15, 0.2) is 17.2 Å². The van der Waals surface area contributed by atoms with Crippen molar-refractivity contribution in [1.29, 1.82) is 0 Å². The predicted molar refractivity (Wildman–Crippen MR) is 126 cm³/mol. The highest BCUT2D eigenvalue weighted by Gasteiger charge is 2.21. The standard InChI is InChI=1S/C23H23F4N7O4/c24-14(25)8-2-5-11-33-17-16(30-19(18(26)27)31-20(17)35)22(36)34(23(33)37)12-6-3-9-15-29-21(38-32-15)13-7-1-4-10-28-13/h1,4,7,10,14,18H,2-3,5-6,8-9,11-12H2,(H,30,31,35). The number of aromatic nitrogens is 7. The molecular formula is C23H23F4N7O4. The van der Waals surface area contributed by atoms with Gasteiger partial charge in [0.2, 0.25) is 6.43 Å². The molecule has 0 aliphatic rings. The van der Waals surface area contributed by atoms with Crippen molar-refractivity contribution in [2.24, 2.45) is 0 Å². The molecule has 11 nitrogen and oxygen atoms in total. The summed E-state index contributed by atoms with van der Waals surface area (Å²) in [6.07, 6.45) is -3.27. The van der Waals surface area contributed by atoms with Crippen molar-refractivity contribution < 1.29 is 22.1 Å². The zero-order valence-electron chi connectivity index (χ0n) is 19.9. The van der Waals surface area contributed by atoms with Crippen LogP contribution in [0.5, 0.6) is 0 Å². The highest BCUT2D eigenvalue weighted by molar-refractivity contribution is 5.72. The van der Waals surface area contributed by atoms with Crippen LogP contribution in [0.2, 0.25) is 0 Å². The van der Waals surface area contributed by atoms with Crippen LogP contribution in [0.25, 0.3) is 22.6 Å². The lowest BCUT2D eigenvalue weighted by molar-refractivity contribution is 0.133. The van der Waals surface area contributed by atoms with E-state index in [1.807, 2.05) is 4.98 Å². The average molecular weight is 537 g/mol. The third-order valence-corrected chi connectivity index (χ3v) is 5.74. The second-order valence-corrected chi connectivity index (χ2v) is 8.41. The molecule has 0 fully saturated rings. The Bertz CT molecular complexity index is 1560. The van der Waals surface area contributed by atoms with E-state index in [0.29, 0.717) is 30.8 Å². The van der Waals surface area contributed by atoms with Crippen molar-refractivity contribution >= 4 is 11.0 Å². The molecule has 15 heteroatoms. The maximum atomic E-state index is 13.2. The number of nitrogens with zero attached hydrogens (tertiary/aromatic N) is 6. The van der Waals surface area contributed by atoms with E-state index < -0.39 is 52.9 Å². The van der Waals surface area contributed by atoms with Gasteiger partial charge in [-0.1, -0.05) is 11.2 Å². The van der Waals surface area contributed by atoms with E-state index in [4.69, 9.17) is 4.52 Å². The van der Waals surface area contributed by atoms with Crippen molar-refractivity contribution in [3.05, 3.63) is 67.2 Å². The van der Waals surface area contributed by atoms with Gasteiger partial charge >= 0.3 is 5.69 Å². The van der Waals surface area contributed by atoms with Gasteiger partial charge in [-0.3, -0.25) is 23.7 Å². The quantitative estimate of drug-likeness (QED) is 0.215. The molecule has 4 aromatic rings. The molecule has 38 heavy (non-hydrogen) atoms. The van der Waals surface area contributed by atoms with E-state index in [-0.39, 0.29) is 31.8 Å². The van der Waals surface area contributed by atoms with Crippen LogP contribution in [0.1, 0.15) is 50.2 Å². The number of rotatable bonds is 12. The van der Waals surface area contributed by atoms with E-state index in [1.165, 1.54) is 0 Å². The Kier molecular flexibility index (Phi) is 8.43. The largest absolute Gasteiger partial charge is 0.332 e. The van der Waals surface area contributed by atoms with E-state index in [0.717, 1.165) is 9.13 Å². The first-order valence-electron chi connectivity index (χ1n) is 11.8. The number of nitrogens with one attached hydrogen (secondary N) is 1. The monoisotopic (exact) mass is 537 g/mol. The maximum absolute atomic E-state index is 13.2. The molecule has 202 valence electrons. The van der Waals surface area contributed by atoms with Crippen LogP contribution in [0.15, 0.2) is 43.3 Å². The lowest BCUT2D eigenvalue weighted by Gasteiger charge is -2.13. The Labute approximate surface area is 211 Å². The molecule has 0 saturated heterocycles. The summed E-state index contributed by atoms with van der Waals surface area (Å²) < 4.78 is 58.4. The van der Waals surface area contributed by atoms with Crippen molar-refractivity contribution in [2.45, 2.75) is 64.5 Å². The average Bonchev–Trinajstić information content (AvgIpc) is 3.37. The molecule has 4 aromatic heterocycles. The molecule has 0 aliphatic carbocycles. The number of halogens is 4. The number of pyridine rings is 1. The fourth-order valence-corrected chi connectivity index (χ4v) is 3.92. The molecule has 1 N–H and O–H groups in total. The smallest absolute Gasteiger partial charge is 0.331 e. The Morgan fingerprint density at radius 2 is 1.71 bits per heavy atom. The van der Waals surface area contributed by atoms with Crippen LogP contribution < -0.4 is 16.8 Å². The minimum atomic E-state index is -3.16. The number of fused-ring (bicyclic) bond motifs is 1. The van der Waals surface area contributed by atoms with Crippen LogP contribution in [-0.4, -0.2) is 40.7 Å². The zero-order chi connectivity index (χ0) is 27.2.